The second kappa shape index (κ2) is 10.2. The highest BCUT2D eigenvalue weighted by atomic mass is 35.5. The molecule has 0 spiro atoms. The number of amides is 1. The van der Waals surface area contributed by atoms with Crippen LogP contribution in [0, 0.1) is 17.6 Å². The van der Waals surface area contributed by atoms with E-state index < -0.39 is 11.6 Å². The molecule has 1 aromatic heterocycles. The molecule has 8 heteroatoms. The Labute approximate surface area is 186 Å². The second-order valence-electron chi connectivity index (χ2n) is 7.91. The number of benzene rings is 2. The van der Waals surface area contributed by atoms with Crippen molar-refractivity contribution < 1.29 is 13.6 Å². The summed E-state index contributed by atoms with van der Waals surface area (Å²) in [4.78, 5) is 15.0. The zero-order valence-corrected chi connectivity index (χ0v) is 18.3. The minimum absolute atomic E-state index is 0. The largest absolute Gasteiger partial charge is 0.337 e. The SMILES string of the molecule is Cl.Cn1nc2ccccc2c1C(=O)N1CCC(CNCCc2ccc(F)cc2F)CC1. The molecular weight excluding hydrogens is 422 g/mol. The molecule has 0 unspecified atom stereocenters. The van der Waals surface area contributed by atoms with Gasteiger partial charge in [0.1, 0.15) is 17.3 Å². The number of aromatic nitrogens is 2. The Hall–Kier alpha value is -2.51. The van der Waals surface area contributed by atoms with E-state index in [-0.39, 0.29) is 18.3 Å². The molecule has 1 aliphatic rings. The van der Waals surface area contributed by atoms with Crippen molar-refractivity contribution >= 4 is 29.2 Å². The van der Waals surface area contributed by atoms with Gasteiger partial charge in [-0.05, 0) is 56.0 Å². The molecule has 0 radical (unpaired) electrons. The Balaban J connectivity index is 0.00000272. The molecule has 2 aromatic carbocycles. The maximum atomic E-state index is 13.7. The van der Waals surface area contributed by atoms with Crippen LogP contribution in [0.4, 0.5) is 8.78 Å². The maximum Gasteiger partial charge on any atom is 0.272 e. The van der Waals surface area contributed by atoms with Crippen LogP contribution in [0.25, 0.3) is 10.9 Å². The molecule has 0 bridgehead atoms. The van der Waals surface area contributed by atoms with Crippen molar-refractivity contribution in [2.75, 3.05) is 26.2 Å². The van der Waals surface area contributed by atoms with Crippen LogP contribution in [0.3, 0.4) is 0 Å². The molecule has 3 aromatic rings. The molecule has 4 rings (SSSR count). The molecule has 1 aliphatic heterocycles. The fourth-order valence-corrected chi connectivity index (χ4v) is 4.14. The van der Waals surface area contributed by atoms with E-state index in [1.165, 1.54) is 12.1 Å². The number of carbonyl (C=O) groups excluding carboxylic acids is 1. The molecule has 0 atom stereocenters. The molecule has 0 saturated carbocycles. The first-order valence-corrected chi connectivity index (χ1v) is 10.4. The van der Waals surface area contributed by atoms with Crippen molar-refractivity contribution in [3.05, 3.63) is 65.4 Å². The highest BCUT2D eigenvalue weighted by Gasteiger charge is 2.26. The first-order valence-electron chi connectivity index (χ1n) is 10.4. The first-order chi connectivity index (χ1) is 14.5. The Kier molecular flexibility index (Phi) is 7.62. The summed E-state index contributed by atoms with van der Waals surface area (Å²) >= 11 is 0. The lowest BCUT2D eigenvalue weighted by molar-refractivity contribution is 0.0681. The van der Waals surface area contributed by atoms with Crippen molar-refractivity contribution in [2.24, 2.45) is 13.0 Å². The molecule has 31 heavy (non-hydrogen) atoms. The van der Waals surface area contributed by atoms with Crippen LogP contribution in [0.1, 0.15) is 28.9 Å². The lowest BCUT2D eigenvalue weighted by Gasteiger charge is -2.32. The van der Waals surface area contributed by atoms with E-state index in [1.54, 1.807) is 4.68 Å². The Morgan fingerprint density at radius 2 is 1.90 bits per heavy atom. The van der Waals surface area contributed by atoms with Gasteiger partial charge in [-0.25, -0.2) is 8.78 Å². The molecular formula is C23H27ClF2N4O. The number of rotatable bonds is 6. The molecule has 0 aliphatic carbocycles. The number of likely N-dealkylation sites (tertiary alicyclic amines) is 1. The minimum atomic E-state index is -0.551. The Morgan fingerprint density at radius 3 is 2.65 bits per heavy atom. The van der Waals surface area contributed by atoms with Crippen molar-refractivity contribution in [2.45, 2.75) is 19.3 Å². The highest BCUT2D eigenvalue weighted by molar-refractivity contribution is 6.05. The van der Waals surface area contributed by atoms with Crippen LogP contribution in [0.2, 0.25) is 0 Å². The summed E-state index contributed by atoms with van der Waals surface area (Å²) in [6.07, 6.45) is 2.38. The maximum absolute atomic E-state index is 13.7. The topological polar surface area (TPSA) is 50.2 Å². The molecule has 1 saturated heterocycles. The molecule has 5 nitrogen and oxygen atoms in total. The van der Waals surface area contributed by atoms with Crippen molar-refractivity contribution in [3.8, 4) is 0 Å². The average Bonchev–Trinajstić information content (AvgIpc) is 3.08. The van der Waals surface area contributed by atoms with Gasteiger partial charge in [-0.3, -0.25) is 9.48 Å². The number of hydrogen-bond acceptors (Lipinski definition) is 3. The van der Waals surface area contributed by atoms with Crippen LogP contribution < -0.4 is 5.32 Å². The van der Waals surface area contributed by atoms with E-state index in [0.29, 0.717) is 30.1 Å². The second-order valence-corrected chi connectivity index (χ2v) is 7.91. The summed E-state index contributed by atoms with van der Waals surface area (Å²) in [6.45, 7) is 2.91. The number of hydrogen-bond donors (Lipinski definition) is 1. The van der Waals surface area contributed by atoms with Gasteiger partial charge in [0.2, 0.25) is 0 Å². The number of halogens is 3. The van der Waals surface area contributed by atoms with E-state index in [4.69, 9.17) is 0 Å². The number of carbonyl (C=O) groups is 1. The summed E-state index contributed by atoms with van der Waals surface area (Å²) in [5.41, 5.74) is 2.00. The van der Waals surface area contributed by atoms with Gasteiger partial charge in [-0.15, -0.1) is 12.4 Å². The minimum Gasteiger partial charge on any atom is -0.337 e. The predicted octanol–water partition coefficient (Wildman–Crippen LogP) is 3.96. The average molecular weight is 449 g/mol. The van der Waals surface area contributed by atoms with Crippen LogP contribution in [-0.4, -0.2) is 46.8 Å². The summed E-state index contributed by atoms with van der Waals surface area (Å²) in [7, 11) is 1.81. The lowest BCUT2D eigenvalue weighted by atomic mass is 9.96. The molecule has 166 valence electrons. The molecule has 2 heterocycles. The fourth-order valence-electron chi connectivity index (χ4n) is 4.14. The summed E-state index contributed by atoms with van der Waals surface area (Å²) < 4.78 is 28.3. The Morgan fingerprint density at radius 1 is 1.16 bits per heavy atom. The van der Waals surface area contributed by atoms with Crippen LogP contribution >= 0.6 is 12.4 Å². The molecule has 1 fully saturated rings. The van der Waals surface area contributed by atoms with Crippen LogP contribution in [0.15, 0.2) is 42.5 Å². The van der Waals surface area contributed by atoms with Gasteiger partial charge in [0.25, 0.3) is 5.91 Å². The van der Waals surface area contributed by atoms with Gasteiger partial charge in [0.05, 0.1) is 5.52 Å². The third-order valence-corrected chi connectivity index (χ3v) is 5.86. The smallest absolute Gasteiger partial charge is 0.272 e. The number of aryl methyl sites for hydroxylation is 1. The number of nitrogens with one attached hydrogen (secondary N) is 1. The van der Waals surface area contributed by atoms with Gasteiger partial charge in [-0.1, -0.05) is 24.3 Å². The summed E-state index contributed by atoms with van der Waals surface area (Å²) in [5.74, 6) is -0.532. The zero-order chi connectivity index (χ0) is 21.1. The summed E-state index contributed by atoms with van der Waals surface area (Å²) in [5, 5.41) is 8.70. The predicted molar refractivity (Wildman–Crippen MR) is 120 cm³/mol. The quantitative estimate of drug-likeness (QED) is 0.581. The molecule has 1 N–H and O–H groups in total. The lowest BCUT2D eigenvalue weighted by Crippen LogP contribution is -2.41. The van der Waals surface area contributed by atoms with Crippen LogP contribution in [-0.2, 0) is 13.5 Å². The standard InChI is InChI=1S/C23H26F2N4O.ClH/c1-28-22(19-4-2-3-5-21(19)27-28)23(30)29-12-9-16(10-13-29)15-26-11-8-17-6-7-18(24)14-20(17)25;/h2-7,14,16,26H,8-13,15H2,1H3;1H. The van der Waals surface area contributed by atoms with Gasteiger partial charge >= 0.3 is 0 Å². The third-order valence-electron chi connectivity index (χ3n) is 5.86. The van der Waals surface area contributed by atoms with E-state index in [1.807, 2.05) is 36.2 Å². The monoisotopic (exact) mass is 448 g/mol. The number of piperidine rings is 1. The third kappa shape index (κ3) is 5.22. The van der Waals surface area contributed by atoms with E-state index in [2.05, 4.69) is 10.4 Å². The van der Waals surface area contributed by atoms with E-state index >= 15 is 0 Å². The Bertz CT molecular complexity index is 1050. The van der Waals surface area contributed by atoms with Crippen LogP contribution in [0.5, 0.6) is 0 Å². The van der Waals surface area contributed by atoms with E-state index in [9.17, 15) is 13.6 Å². The van der Waals surface area contributed by atoms with Crippen molar-refractivity contribution in [3.63, 3.8) is 0 Å². The number of nitrogens with zero attached hydrogens (tertiary/aromatic N) is 3. The van der Waals surface area contributed by atoms with E-state index in [0.717, 1.165) is 49.4 Å². The summed E-state index contributed by atoms with van der Waals surface area (Å²) in [6, 6.07) is 11.4. The zero-order valence-electron chi connectivity index (χ0n) is 17.5. The van der Waals surface area contributed by atoms with Gasteiger partial charge in [0, 0.05) is 31.6 Å². The fraction of sp³-hybridized carbons (Fsp3) is 0.391. The van der Waals surface area contributed by atoms with Gasteiger partial charge in [-0.2, -0.15) is 5.10 Å². The van der Waals surface area contributed by atoms with Crippen molar-refractivity contribution in [1.82, 2.24) is 20.0 Å². The number of fused-ring (bicyclic) bond motifs is 1. The normalized spacial score (nSPS) is 14.6. The van der Waals surface area contributed by atoms with Gasteiger partial charge < -0.3 is 10.2 Å². The first kappa shape index (κ1) is 23.2. The van der Waals surface area contributed by atoms with Gasteiger partial charge in [0.15, 0.2) is 0 Å². The highest BCUT2D eigenvalue weighted by Crippen LogP contribution is 2.23. The molecule has 1 amide bonds. The van der Waals surface area contributed by atoms with Crippen molar-refractivity contribution in [1.29, 1.82) is 0 Å².